The van der Waals surface area contributed by atoms with Crippen molar-refractivity contribution < 1.29 is 4.74 Å². The van der Waals surface area contributed by atoms with Crippen molar-refractivity contribution in [1.82, 2.24) is 4.98 Å². The van der Waals surface area contributed by atoms with E-state index in [1.54, 1.807) is 0 Å². The lowest BCUT2D eigenvalue weighted by molar-refractivity contribution is 0.127. The van der Waals surface area contributed by atoms with Gasteiger partial charge in [0.25, 0.3) is 0 Å². The van der Waals surface area contributed by atoms with E-state index in [0.29, 0.717) is 12.0 Å². The molecule has 0 saturated carbocycles. The maximum atomic E-state index is 5.53. The van der Waals surface area contributed by atoms with E-state index in [0.717, 1.165) is 37.6 Å². The highest BCUT2D eigenvalue weighted by atomic mass is 16.5. The molecule has 1 rings (SSSR count). The Labute approximate surface area is 117 Å². The van der Waals surface area contributed by atoms with Crippen molar-refractivity contribution in [2.75, 3.05) is 30.4 Å². The molecule has 0 bridgehead atoms. The van der Waals surface area contributed by atoms with Gasteiger partial charge in [0.05, 0.1) is 36.4 Å². The van der Waals surface area contributed by atoms with Crippen LogP contribution in [-0.4, -0.2) is 30.8 Å². The Morgan fingerprint density at radius 3 is 2.58 bits per heavy atom. The molecule has 0 amide bonds. The van der Waals surface area contributed by atoms with Gasteiger partial charge in [-0.3, -0.25) is 4.98 Å². The summed E-state index contributed by atoms with van der Waals surface area (Å²) in [7, 11) is 0. The van der Waals surface area contributed by atoms with E-state index < -0.39 is 0 Å². The number of anilines is 2. The lowest BCUT2D eigenvalue weighted by Gasteiger charge is -2.23. The maximum Gasteiger partial charge on any atom is 0.0670 e. The Balaban J connectivity index is 2.62. The molecule has 0 aliphatic carbocycles. The Bertz CT molecular complexity index is 355. The van der Waals surface area contributed by atoms with Gasteiger partial charge in [0, 0.05) is 13.2 Å². The molecular formula is C15H27N3O. The molecule has 19 heavy (non-hydrogen) atoms. The van der Waals surface area contributed by atoms with Crippen LogP contribution in [0.25, 0.3) is 0 Å². The Hall–Kier alpha value is -1.29. The van der Waals surface area contributed by atoms with Gasteiger partial charge < -0.3 is 15.4 Å². The lowest BCUT2D eigenvalue weighted by Crippen LogP contribution is -2.31. The number of ether oxygens (including phenoxy) is 1. The molecule has 0 aliphatic heterocycles. The molecular weight excluding hydrogens is 238 g/mol. The fourth-order valence-corrected chi connectivity index (χ4v) is 1.74. The summed E-state index contributed by atoms with van der Waals surface area (Å²) in [5, 5.41) is 6.85. The zero-order chi connectivity index (χ0) is 14.1. The second kappa shape index (κ2) is 8.75. The molecule has 1 aromatic heterocycles. The lowest BCUT2D eigenvalue weighted by atomic mass is 10.1. The van der Waals surface area contributed by atoms with E-state index in [9.17, 15) is 0 Å². The first kappa shape index (κ1) is 15.8. The summed E-state index contributed by atoms with van der Waals surface area (Å²) >= 11 is 0. The fourth-order valence-electron chi connectivity index (χ4n) is 1.74. The smallest absolute Gasteiger partial charge is 0.0670 e. The highest BCUT2D eigenvalue weighted by Crippen LogP contribution is 2.16. The molecule has 1 atom stereocenters. The third-order valence-corrected chi connectivity index (χ3v) is 2.98. The minimum atomic E-state index is 0.308. The van der Waals surface area contributed by atoms with Crippen LogP contribution in [-0.2, 0) is 4.74 Å². The number of hydrogen-bond donors (Lipinski definition) is 2. The Kier molecular flexibility index (Phi) is 7.26. The van der Waals surface area contributed by atoms with E-state index in [2.05, 4.69) is 42.5 Å². The standard InChI is InChI=1S/C15H27N3O/c1-5-7-17-13-8-14(10-16-9-13)18-15(12(3)4)11-19-6-2/h8-10,12,15,17-18H,5-7,11H2,1-4H3. The van der Waals surface area contributed by atoms with E-state index in [-0.39, 0.29) is 0 Å². The summed E-state index contributed by atoms with van der Waals surface area (Å²) < 4.78 is 5.53. The van der Waals surface area contributed by atoms with Gasteiger partial charge in [-0.05, 0) is 25.3 Å². The van der Waals surface area contributed by atoms with Crippen LogP contribution < -0.4 is 10.6 Å². The number of pyridine rings is 1. The number of nitrogens with one attached hydrogen (secondary N) is 2. The third-order valence-electron chi connectivity index (χ3n) is 2.98. The van der Waals surface area contributed by atoms with Crippen LogP contribution in [0.4, 0.5) is 11.4 Å². The van der Waals surface area contributed by atoms with E-state index >= 15 is 0 Å². The van der Waals surface area contributed by atoms with E-state index in [4.69, 9.17) is 4.74 Å². The van der Waals surface area contributed by atoms with Crippen molar-refractivity contribution in [3.05, 3.63) is 18.5 Å². The molecule has 1 aromatic rings. The molecule has 2 N–H and O–H groups in total. The molecule has 1 heterocycles. The molecule has 1 unspecified atom stereocenters. The molecule has 4 heteroatoms. The van der Waals surface area contributed by atoms with E-state index in [1.165, 1.54) is 0 Å². The van der Waals surface area contributed by atoms with Gasteiger partial charge >= 0.3 is 0 Å². The van der Waals surface area contributed by atoms with Gasteiger partial charge in [0.1, 0.15) is 0 Å². The molecule has 0 aromatic carbocycles. The minimum Gasteiger partial charge on any atom is -0.384 e. The summed E-state index contributed by atoms with van der Waals surface area (Å²) in [6.45, 7) is 11.0. The van der Waals surface area contributed by atoms with Crippen molar-refractivity contribution in [3.63, 3.8) is 0 Å². The zero-order valence-electron chi connectivity index (χ0n) is 12.6. The number of rotatable bonds is 9. The van der Waals surface area contributed by atoms with Crippen LogP contribution >= 0.6 is 0 Å². The van der Waals surface area contributed by atoms with Crippen molar-refractivity contribution in [3.8, 4) is 0 Å². The first-order valence-electron chi connectivity index (χ1n) is 7.20. The van der Waals surface area contributed by atoms with Gasteiger partial charge in [0.15, 0.2) is 0 Å². The summed E-state index contributed by atoms with van der Waals surface area (Å²) in [5.74, 6) is 0.513. The van der Waals surface area contributed by atoms with Crippen molar-refractivity contribution >= 4 is 11.4 Å². The fraction of sp³-hybridized carbons (Fsp3) is 0.667. The van der Waals surface area contributed by atoms with Gasteiger partial charge in [-0.25, -0.2) is 0 Å². The topological polar surface area (TPSA) is 46.2 Å². The van der Waals surface area contributed by atoms with Gasteiger partial charge in [-0.2, -0.15) is 0 Å². The second-order valence-corrected chi connectivity index (χ2v) is 5.04. The number of hydrogen-bond acceptors (Lipinski definition) is 4. The van der Waals surface area contributed by atoms with Gasteiger partial charge in [-0.1, -0.05) is 20.8 Å². The Morgan fingerprint density at radius 1 is 1.21 bits per heavy atom. The predicted octanol–water partition coefficient (Wildman–Crippen LogP) is 3.38. The summed E-state index contributed by atoms with van der Waals surface area (Å²) in [4.78, 5) is 4.26. The predicted molar refractivity (Wildman–Crippen MR) is 81.8 cm³/mol. The monoisotopic (exact) mass is 265 g/mol. The summed E-state index contributed by atoms with van der Waals surface area (Å²) in [5.41, 5.74) is 2.10. The Morgan fingerprint density at radius 2 is 1.95 bits per heavy atom. The SMILES string of the molecule is CCCNc1cncc(NC(COCC)C(C)C)c1. The third kappa shape index (κ3) is 5.92. The molecule has 0 saturated heterocycles. The van der Waals surface area contributed by atoms with Crippen molar-refractivity contribution in [2.24, 2.45) is 5.92 Å². The molecule has 0 aliphatic rings. The molecule has 4 nitrogen and oxygen atoms in total. The van der Waals surface area contributed by atoms with Crippen molar-refractivity contribution in [1.29, 1.82) is 0 Å². The highest BCUT2D eigenvalue weighted by molar-refractivity contribution is 5.54. The van der Waals surface area contributed by atoms with Crippen LogP contribution in [0.3, 0.4) is 0 Å². The summed E-state index contributed by atoms with van der Waals surface area (Å²) in [6, 6.07) is 2.41. The quantitative estimate of drug-likeness (QED) is 0.718. The highest BCUT2D eigenvalue weighted by Gasteiger charge is 2.13. The van der Waals surface area contributed by atoms with E-state index in [1.807, 2.05) is 19.3 Å². The van der Waals surface area contributed by atoms with Gasteiger partial charge in [-0.15, -0.1) is 0 Å². The first-order valence-corrected chi connectivity index (χ1v) is 7.20. The second-order valence-electron chi connectivity index (χ2n) is 5.04. The van der Waals surface area contributed by atoms with Crippen LogP contribution in [0.15, 0.2) is 18.5 Å². The first-order chi connectivity index (χ1) is 9.17. The van der Waals surface area contributed by atoms with Crippen LogP contribution in [0.2, 0.25) is 0 Å². The normalized spacial score (nSPS) is 12.5. The van der Waals surface area contributed by atoms with Crippen LogP contribution in [0, 0.1) is 5.92 Å². The number of nitrogens with zero attached hydrogens (tertiary/aromatic N) is 1. The molecule has 0 radical (unpaired) electrons. The van der Waals surface area contributed by atoms with Crippen molar-refractivity contribution in [2.45, 2.75) is 40.2 Å². The number of aromatic nitrogens is 1. The largest absolute Gasteiger partial charge is 0.384 e. The zero-order valence-corrected chi connectivity index (χ0v) is 12.6. The van der Waals surface area contributed by atoms with Crippen LogP contribution in [0.5, 0.6) is 0 Å². The minimum absolute atomic E-state index is 0.308. The molecule has 0 fully saturated rings. The average Bonchev–Trinajstić information content (AvgIpc) is 2.41. The maximum absolute atomic E-state index is 5.53. The molecule has 108 valence electrons. The van der Waals surface area contributed by atoms with Crippen LogP contribution in [0.1, 0.15) is 34.1 Å². The van der Waals surface area contributed by atoms with Gasteiger partial charge in [0.2, 0.25) is 0 Å². The molecule has 0 spiro atoms. The summed E-state index contributed by atoms with van der Waals surface area (Å²) in [6.07, 6.45) is 4.82. The average molecular weight is 265 g/mol.